The number of carbonyl (C=O) groups is 1. The molecule has 2 heteroatoms. The number of carbonyl (C=O) groups excluding carboxylic acids is 1. The van der Waals surface area contributed by atoms with Gasteiger partial charge in [-0.25, -0.2) is 0 Å². The highest BCUT2D eigenvalue weighted by Crippen LogP contribution is 2.32. The van der Waals surface area contributed by atoms with E-state index >= 15 is 0 Å². The molecule has 1 fully saturated rings. The topological polar surface area (TPSA) is 29.1 Å². The third-order valence-corrected chi connectivity index (χ3v) is 2.68. The smallest absolute Gasteiger partial charge is 0.162 e. The number of allylic oxidation sites excluding steroid dienone is 1. The summed E-state index contributed by atoms with van der Waals surface area (Å²) in [7, 11) is 0. The summed E-state index contributed by atoms with van der Waals surface area (Å²) in [6.45, 7) is 7.49. The Labute approximate surface area is 74.0 Å². The normalized spacial score (nSPS) is 28.8. The first-order chi connectivity index (χ1) is 5.75. The third kappa shape index (κ3) is 1.58. The van der Waals surface area contributed by atoms with Crippen LogP contribution in [0.1, 0.15) is 26.2 Å². The van der Waals surface area contributed by atoms with E-state index in [1.807, 2.05) is 0 Å². The molecule has 1 unspecified atom stereocenters. The van der Waals surface area contributed by atoms with Gasteiger partial charge in [0.2, 0.25) is 0 Å². The Hall–Kier alpha value is -0.630. The van der Waals surface area contributed by atoms with Crippen molar-refractivity contribution in [1.82, 2.24) is 5.32 Å². The summed E-state index contributed by atoms with van der Waals surface area (Å²) in [5, 5.41) is 3.24. The van der Waals surface area contributed by atoms with Crippen molar-refractivity contribution in [2.24, 2.45) is 5.41 Å². The summed E-state index contributed by atoms with van der Waals surface area (Å²) in [4.78, 5) is 11.6. The van der Waals surface area contributed by atoms with Crippen molar-refractivity contribution in [3.63, 3.8) is 0 Å². The van der Waals surface area contributed by atoms with Crippen LogP contribution in [0, 0.1) is 5.41 Å². The quantitative estimate of drug-likeness (QED) is 0.643. The van der Waals surface area contributed by atoms with Gasteiger partial charge in [-0.1, -0.05) is 19.9 Å². The maximum atomic E-state index is 11.6. The van der Waals surface area contributed by atoms with Crippen LogP contribution in [0.25, 0.3) is 0 Å². The number of nitrogens with one attached hydrogen (secondary N) is 1. The fraction of sp³-hybridized carbons (Fsp3) is 0.700. The zero-order valence-electron chi connectivity index (χ0n) is 7.73. The largest absolute Gasteiger partial charge is 0.316 e. The summed E-state index contributed by atoms with van der Waals surface area (Å²) in [6, 6.07) is 0. The van der Waals surface area contributed by atoms with E-state index in [1.165, 1.54) is 6.08 Å². The molecule has 0 aromatic carbocycles. The minimum Gasteiger partial charge on any atom is -0.316 e. The molecular formula is C10H17NO. The van der Waals surface area contributed by atoms with Crippen molar-refractivity contribution in [3.05, 3.63) is 12.7 Å². The second kappa shape index (κ2) is 3.85. The molecule has 0 bridgehead atoms. The Bertz CT molecular complexity index is 180. The zero-order chi connectivity index (χ0) is 9.03. The Morgan fingerprint density at radius 1 is 1.75 bits per heavy atom. The van der Waals surface area contributed by atoms with E-state index in [-0.39, 0.29) is 11.2 Å². The van der Waals surface area contributed by atoms with E-state index in [0.717, 1.165) is 32.4 Å². The lowest BCUT2D eigenvalue weighted by molar-refractivity contribution is -0.123. The highest BCUT2D eigenvalue weighted by molar-refractivity contribution is 5.94. The van der Waals surface area contributed by atoms with Gasteiger partial charge in [-0.05, 0) is 25.5 Å². The number of hydrogen-bond donors (Lipinski definition) is 1. The highest BCUT2D eigenvalue weighted by Gasteiger charge is 2.38. The van der Waals surface area contributed by atoms with Crippen molar-refractivity contribution in [2.75, 3.05) is 13.1 Å². The lowest BCUT2D eigenvalue weighted by atomic mass is 9.78. The van der Waals surface area contributed by atoms with Gasteiger partial charge in [-0.3, -0.25) is 4.79 Å². The molecule has 0 spiro atoms. The molecule has 0 aliphatic carbocycles. The summed E-state index contributed by atoms with van der Waals surface area (Å²) in [6.07, 6.45) is 4.51. The molecule has 1 aliphatic heterocycles. The number of hydrogen-bond acceptors (Lipinski definition) is 2. The molecule has 1 heterocycles. The molecule has 0 aromatic heterocycles. The lowest BCUT2D eigenvalue weighted by Gasteiger charge is -2.24. The molecule has 1 atom stereocenters. The lowest BCUT2D eigenvalue weighted by Crippen LogP contribution is -2.31. The van der Waals surface area contributed by atoms with Crippen LogP contribution in [0.2, 0.25) is 0 Å². The Balaban J connectivity index is 2.70. The van der Waals surface area contributed by atoms with E-state index < -0.39 is 0 Å². The van der Waals surface area contributed by atoms with E-state index in [0.29, 0.717) is 0 Å². The number of ketones is 1. The molecule has 68 valence electrons. The fourth-order valence-electron chi connectivity index (χ4n) is 1.99. The predicted molar refractivity (Wildman–Crippen MR) is 50.0 cm³/mol. The fourth-order valence-corrected chi connectivity index (χ4v) is 1.99. The van der Waals surface area contributed by atoms with E-state index in [2.05, 4.69) is 18.8 Å². The van der Waals surface area contributed by atoms with Crippen molar-refractivity contribution >= 4 is 5.78 Å². The third-order valence-electron chi connectivity index (χ3n) is 2.68. The molecule has 1 saturated heterocycles. The first-order valence-electron chi connectivity index (χ1n) is 4.63. The van der Waals surface area contributed by atoms with Crippen LogP contribution < -0.4 is 5.32 Å². The summed E-state index contributed by atoms with van der Waals surface area (Å²) in [5.74, 6) is 0.217. The van der Waals surface area contributed by atoms with Crippen molar-refractivity contribution in [1.29, 1.82) is 0 Å². The Kier molecular flexibility index (Phi) is 3.04. The minimum absolute atomic E-state index is 0.115. The number of rotatable bonds is 4. The van der Waals surface area contributed by atoms with E-state index in [9.17, 15) is 4.79 Å². The highest BCUT2D eigenvalue weighted by atomic mass is 16.1. The summed E-state index contributed by atoms with van der Waals surface area (Å²) >= 11 is 0. The zero-order valence-corrected chi connectivity index (χ0v) is 7.73. The molecule has 0 radical (unpaired) electrons. The molecule has 12 heavy (non-hydrogen) atoms. The molecule has 0 aromatic rings. The standard InChI is InChI=1S/C10H17NO/c1-3-5-10(9(12)4-2)6-7-11-8-10/h4,11H,2-3,5-8H2,1H3. The monoisotopic (exact) mass is 167 g/mol. The SMILES string of the molecule is C=CC(=O)C1(CCC)CCNC1. The average Bonchev–Trinajstić information content (AvgIpc) is 2.53. The van der Waals surface area contributed by atoms with E-state index in [4.69, 9.17) is 0 Å². The van der Waals surface area contributed by atoms with Crippen LogP contribution in [-0.2, 0) is 4.79 Å². The van der Waals surface area contributed by atoms with Crippen LogP contribution >= 0.6 is 0 Å². The minimum atomic E-state index is -0.115. The second-order valence-corrected chi connectivity index (χ2v) is 3.53. The van der Waals surface area contributed by atoms with Crippen LogP contribution in [0.5, 0.6) is 0 Å². The van der Waals surface area contributed by atoms with Crippen LogP contribution in [0.4, 0.5) is 0 Å². The van der Waals surface area contributed by atoms with Gasteiger partial charge < -0.3 is 5.32 Å². The molecule has 0 amide bonds. The van der Waals surface area contributed by atoms with Gasteiger partial charge in [0.1, 0.15) is 0 Å². The summed E-state index contributed by atoms with van der Waals surface area (Å²) in [5.41, 5.74) is -0.115. The van der Waals surface area contributed by atoms with Crippen molar-refractivity contribution in [3.8, 4) is 0 Å². The molecular weight excluding hydrogens is 150 g/mol. The maximum Gasteiger partial charge on any atom is 0.162 e. The molecule has 2 nitrogen and oxygen atoms in total. The van der Waals surface area contributed by atoms with Crippen molar-refractivity contribution < 1.29 is 4.79 Å². The molecule has 1 N–H and O–H groups in total. The van der Waals surface area contributed by atoms with Gasteiger partial charge in [-0.2, -0.15) is 0 Å². The van der Waals surface area contributed by atoms with E-state index in [1.54, 1.807) is 0 Å². The van der Waals surface area contributed by atoms with Crippen LogP contribution in [0.15, 0.2) is 12.7 Å². The Morgan fingerprint density at radius 2 is 2.50 bits per heavy atom. The molecule has 0 saturated carbocycles. The first-order valence-corrected chi connectivity index (χ1v) is 4.63. The summed E-state index contributed by atoms with van der Waals surface area (Å²) < 4.78 is 0. The van der Waals surface area contributed by atoms with Gasteiger partial charge in [0, 0.05) is 12.0 Å². The van der Waals surface area contributed by atoms with Gasteiger partial charge >= 0.3 is 0 Å². The predicted octanol–water partition coefficient (Wildman–Crippen LogP) is 1.52. The molecule has 1 rings (SSSR count). The van der Waals surface area contributed by atoms with Crippen LogP contribution in [-0.4, -0.2) is 18.9 Å². The Morgan fingerprint density at radius 3 is 2.92 bits per heavy atom. The van der Waals surface area contributed by atoms with Gasteiger partial charge in [0.25, 0.3) is 0 Å². The van der Waals surface area contributed by atoms with Crippen LogP contribution in [0.3, 0.4) is 0 Å². The molecule has 1 aliphatic rings. The van der Waals surface area contributed by atoms with Crippen molar-refractivity contribution in [2.45, 2.75) is 26.2 Å². The van der Waals surface area contributed by atoms with Gasteiger partial charge in [0.05, 0.1) is 0 Å². The van der Waals surface area contributed by atoms with Gasteiger partial charge in [0.15, 0.2) is 5.78 Å². The first kappa shape index (κ1) is 9.46. The second-order valence-electron chi connectivity index (χ2n) is 3.53. The van der Waals surface area contributed by atoms with Gasteiger partial charge in [-0.15, -0.1) is 0 Å². The maximum absolute atomic E-state index is 11.6. The average molecular weight is 167 g/mol.